The van der Waals surface area contributed by atoms with E-state index in [0.29, 0.717) is 18.7 Å². The van der Waals surface area contributed by atoms with Crippen LogP contribution in [0, 0.1) is 0 Å². The molecule has 0 saturated carbocycles. The molecule has 1 aromatic carbocycles. The lowest BCUT2D eigenvalue weighted by molar-refractivity contribution is -0.133. The Morgan fingerprint density at radius 3 is 2.77 bits per heavy atom. The second-order valence-corrected chi connectivity index (χ2v) is 6.59. The second-order valence-electron chi connectivity index (χ2n) is 6.59. The number of rotatable bonds is 7. The van der Waals surface area contributed by atoms with Crippen LogP contribution in [0.15, 0.2) is 53.1 Å². The first-order valence-electron chi connectivity index (χ1n) is 8.95. The highest BCUT2D eigenvalue weighted by Crippen LogP contribution is 2.27. The van der Waals surface area contributed by atoms with Crippen LogP contribution in [0.3, 0.4) is 0 Å². The van der Waals surface area contributed by atoms with Crippen molar-refractivity contribution in [2.45, 2.75) is 37.8 Å². The number of carbonyl (C=O) groups excluding carboxylic acids is 2. The minimum Gasteiger partial charge on any atom is -0.467 e. The Morgan fingerprint density at radius 2 is 2.04 bits per heavy atom. The highest BCUT2D eigenvalue weighted by atomic mass is 16.4. The number of hydrogen-bond donors (Lipinski definition) is 2. The third kappa shape index (κ3) is 4.73. The fraction of sp³-hybridized carbons (Fsp3) is 0.400. The average Bonchev–Trinajstić information content (AvgIpc) is 3.32. The maximum atomic E-state index is 12.5. The van der Waals surface area contributed by atoms with E-state index in [4.69, 9.17) is 4.42 Å². The van der Waals surface area contributed by atoms with E-state index in [1.54, 1.807) is 17.0 Å². The molecule has 6 heteroatoms. The van der Waals surface area contributed by atoms with Crippen molar-refractivity contribution in [3.63, 3.8) is 0 Å². The third-order valence-corrected chi connectivity index (χ3v) is 4.71. The quantitative estimate of drug-likeness (QED) is 0.795. The van der Waals surface area contributed by atoms with Gasteiger partial charge in [-0.25, -0.2) is 0 Å². The number of nitrogens with zero attached hydrogens (tertiary/aromatic N) is 1. The molecule has 2 aromatic rings. The molecule has 0 bridgehead atoms. The van der Waals surface area contributed by atoms with Gasteiger partial charge < -0.3 is 19.7 Å². The topological polar surface area (TPSA) is 82.8 Å². The summed E-state index contributed by atoms with van der Waals surface area (Å²) in [6, 6.07) is 12.9. The Kier molecular flexibility index (Phi) is 6.07. The van der Waals surface area contributed by atoms with Crippen molar-refractivity contribution in [2.24, 2.45) is 0 Å². The van der Waals surface area contributed by atoms with E-state index < -0.39 is 6.10 Å². The van der Waals surface area contributed by atoms with Gasteiger partial charge in [0.25, 0.3) is 0 Å². The summed E-state index contributed by atoms with van der Waals surface area (Å²) in [5.41, 5.74) is 0.915. The van der Waals surface area contributed by atoms with E-state index in [9.17, 15) is 14.7 Å². The zero-order chi connectivity index (χ0) is 18.4. The van der Waals surface area contributed by atoms with Crippen molar-refractivity contribution in [3.05, 3.63) is 60.1 Å². The number of hydrogen-bond acceptors (Lipinski definition) is 4. The van der Waals surface area contributed by atoms with Crippen LogP contribution in [-0.2, 0) is 16.0 Å². The Morgan fingerprint density at radius 1 is 1.23 bits per heavy atom. The summed E-state index contributed by atoms with van der Waals surface area (Å²) in [7, 11) is 0. The van der Waals surface area contributed by atoms with Gasteiger partial charge in [-0.15, -0.1) is 0 Å². The van der Waals surface area contributed by atoms with E-state index in [0.717, 1.165) is 18.4 Å². The lowest BCUT2D eigenvalue weighted by Gasteiger charge is -2.26. The lowest BCUT2D eigenvalue weighted by atomic mass is 10.1. The molecule has 26 heavy (non-hydrogen) atoms. The first-order valence-corrected chi connectivity index (χ1v) is 8.95. The van der Waals surface area contributed by atoms with E-state index in [-0.39, 0.29) is 30.8 Å². The number of furan rings is 1. The van der Waals surface area contributed by atoms with Crippen molar-refractivity contribution < 1.29 is 19.1 Å². The van der Waals surface area contributed by atoms with Crippen molar-refractivity contribution in [3.8, 4) is 0 Å². The predicted octanol–water partition coefficient (Wildman–Crippen LogP) is 2.05. The molecule has 6 nitrogen and oxygen atoms in total. The Labute approximate surface area is 152 Å². The molecule has 2 unspecified atom stereocenters. The molecule has 3 rings (SSSR count). The summed E-state index contributed by atoms with van der Waals surface area (Å²) in [4.78, 5) is 26.3. The number of benzene rings is 1. The number of aliphatic hydroxyl groups excluding tert-OH is 1. The van der Waals surface area contributed by atoms with Crippen molar-refractivity contribution in [2.75, 3.05) is 13.1 Å². The maximum absolute atomic E-state index is 12.5. The van der Waals surface area contributed by atoms with Gasteiger partial charge in [-0.3, -0.25) is 9.59 Å². The molecule has 2 amide bonds. The SMILES string of the molecule is O=C(Cc1ccccc1)NCC(=O)N1CCCC1CC(O)c1ccco1. The molecule has 1 aliphatic rings. The van der Waals surface area contributed by atoms with Crippen molar-refractivity contribution in [1.29, 1.82) is 0 Å². The molecule has 2 N–H and O–H groups in total. The van der Waals surface area contributed by atoms with Crippen LogP contribution in [0.25, 0.3) is 0 Å². The first-order chi connectivity index (χ1) is 12.6. The Bertz CT molecular complexity index is 715. The largest absolute Gasteiger partial charge is 0.467 e. The molecule has 0 aliphatic carbocycles. The minimum atomic E-state index is -0.726. The van der Waals surface area contributed by atoms with Crippen LogP contribution in [0.4, 0.5) is 0 Å². The normalized spacial score (nSPS) is 17.9. The molecular weight excluding hydrogens is 332 g/mol. The molecule has 1 saturated heterocycles. The zero-order valence-electron chi connectivity index (χ0n) is 14.6. The predicted molar refractivity (Wildman–Crippen MR) is 96.2 cm³/mol. The number of amides is 2. The molecule has 0 spiro atoms. The minimum absolute atomic E-state index is 0.0149. The first kappa shape index (κ1) is 18.2. The number of nitrogens with one attached hydrogen (secondary N) is 1. The fourth-order valence-electron chi connectivity index (χ4n) is 3.38. The summed E-state index contributed by atoms with van der Waals surface area (Å²) in [6.45, 7) is 0.641. The fourth-order valence-corrected chi connectivity index (χ4v) is 3.38. The standard InChI is InChI=1S/C20H24N2O4/c23-17(18-9-5-11-26-18)13-16-8-4-10-22(16)20(25)14-21-19(24)12-15-6-2-1-3-7-15/h1-3,5-7,9,11,16-17,23H,4,8,10,12-14H2,(H,21,24). The van der Waals surface area contributed by atoms with E-state index in [2.05, 4.69) is 5.32 Å². The summed E-state index contributed by atoms with van der Waals surface area (Å²) >= 11 is 0. The van der Waals surface area contributed by atoms with Gasteiger partial charge in [-0.05, 0) is 30.5 Å². The van der Waals surface area contributed by atoms with E-state index >= 15 is 0 Å². The van der Waals surface area contributed by atoms with Crippen molar-refractivity contribution >= 4 is 11.8 Å². The average molecular weight is 356 g/mol. The summed E-state index contributed by atoms with van der Waals surface area (Å²) < 4.78 is 5.23. The molecule has 1 aromatic heterocycles. The van der Waals surface area contributed by atoms with Gasteiger partial charge in [0.1, 0.15) is 11.9 Å². The van der Waals surface area contributed by atoms with Crippen LogP contribution >= 0.6 is 0 Å². The van der Waals surface area contributed by atoms with Crippen LogP contribution in [0.2, 0.25) is 0 Å². The molecular formula is C20H24N2O4. The number of aliphatic hydroxyl groups is 1. The lowest BCUT2D eigenvalue weighted by Crippen LogP contribution is -2.43. The summed E-state index contributed by atoms with van der Waals surface area (Å²) in [5, 5.41) is 12.9. The maximum Gasteiger partial charge on any atom is 0.242 e. The van der Waals surface area contributed by atoms with Gasteiger partial charge >= 0.3 is 0 Å². The highest BCUT2D eigenvalue weighted by molar-refractivity contribution is 5.86. The van der Waals surface area contributed by atoms with Crippen molar-refractivity contribution in [1.82, 2.24) is 10.2 Å². The van der Waals surface area contributed by atoms with Crippen LogP contribution in [-0.4, -0.2) is 41.0 Å². The third-order valence-electron chi connectivity index (χ3n) is 4.71. The molecule has 2 atom stereocenters. The van der Waals surface area contributed by atoms with E-state index in [1.807, 2.05) is 30.3 Å². The van der Waals surface area contributed by atoms with Crippen LogP contribution in [0.5, 0.6) is 0 Å². The number of likely N-dealkylation sites (tertiary alicyclic amines) is 1. The van der Waals surface area contributed by atoms with Gasteiger partial charge in [-0.2, -0.15) is 0 Å². The highest BCUT2D eigenvalue weighted by Gasteiger charge is 2.31. The Hall–Kier alpha value is -2.60. The zero-order valence-corrected chi connectivity index (χ0v) is 14.6. The summed E-state index contributed by atoms with van der Waals surface area (Å²) in [6.07, 6.45) is 3.25. The van der Waals surface area contributed by atoms with E-state index in [1.165, 1.54) is 6.26 Å². The second kappa shape index (κ2) is 8.67. The monoisotopic (exact) mass is 356 g/mol. The molecule has 1 aliphatic heterocycles. The molecule has 0 radical (unpaired) electrons. The Balaban J connectivity index is 1.48. The smallest absolute Gasteiger partial charge is 0.242 e. The van der Waals surface area contributed by atoms with Crippen LogP contribution in [0.1, 0.15) is 36.7 Å². The molecule has 138 valence electrons. The number of carbonyl (C=O) groups is 2. The van der Waals surface area contributed by atoms with Gasteiger partial charge in [0.2, 0.25) is 11.8 Å². The van der Waals surface area contributed by atoms with Gasteiger partial charge in [-0.1, -0.05) is 30.3 Å². The molecule has 2 heterocycles. The van der Waals surface area contributed by atoms with Gasteiger partial charge in [0, 0.05) is 19.0 Å². The van der Waals surface area contributed by atoms with Gasteiger partial charge in [0.15, 0.2) is 0 Å². The summed E-state index contributed by atoms with van der Waals surface area (Å²) in [5.74, 6) is 0.233. The van der Waals surface area contributed by atoms with Gasteiger partial charge in [0.05, 0.1) is 19.2 Å². The molecule has 1 fully saturated rings. The van der Waals surface area contributed by atoms with Crippen LogP contribution < -0.4 is 5.32 Å².